The monoisotopic (exact) mass is 389 g/mol. The quantitative estimate of drug-likeness (QED) is 0.732. The average molecular weight is 390 g/mol. The molecule has 0 aromatic heterocycles. The van der Waals surface area contributed by atoms with Crippen LogP contribution in [0.15, 0.2) is 18.2 Å². The number of thioether (sulfide) groups is 1. The van der Waals surface area contributed by atoms with Crippen molar-refractivity contribution < 1.29 is 14.4 Å². The molecule has 1 fully saturated rings. The molecule has 0 spiro atoms. The second-order valence-electron chi connectivity index (χ2n) is 5.32. The van der Waals surface area contributed by atoms with Crippen LogP contribution in [-0.2, 0) is 9.59 Å². The Hall–Kier alpha value is -1.44. The zero-order valence-electron chi connectivity index (χ0n) is 13.1. The molecule has 1 aromatic rings. The minimum Gasteiger partial charge on any atom is -0.326 e. The fourth-order valence-electron chi connectivity index (χ4n) is 2.34. The van der Waals surface area contributed by atoms with E-state index in [1.165, 1.54) is 25.1 Å². The van der Waals surface area contributed by atoms with Crippen molar-refractivity contribution in [2.45, 2.75) is 25.4 Å². The van der Waals surface area contributed by atoms with Crippen LogP contribution in [0.3, 0.4) is 0 Å². The second-order valence-corrected chi connectivity index (χ2v) is 7.17. The lowest BCUT2D eigenvalue weighted by atomic mass is 10.2. The maximum absolute atomic E-state index is 12.4. The van der Waals surface area contributed by atoms with Gasteiger partial charge >= 0.3 is 6.03 Å². The molecule has 1 saturated heterocycles. The van der Waals surface area contributed by atoms with Crippen LogP contribution >= 0.6 is 35.0 Å². The molecule has 0 bridgehead atoms. The van der Waals surface area contributed by atoms with Gasteiger partial charge in [0.15, 0.2) is 0 Å². The number of imide groups is 1. The highest BCUT2D eigenvalue weighted by molar-refractivity contribution is 7.98. The highest BCUT2D eigenvalue weighted by atomic mass is 35.5. The summed E-state index contributed by atoms with van der Waals surface area (Å²) >= 11 is 13.4. The normalized spacial score (nSPS) is 18.5. The highest BCUT2D eigenvalue weighted by Crippen LogP contribution is 2.23. The van der Waals surface area contributed by atoms with E-state index in [4.69, 9.17) is 23.2 Å². The molecule has 4 amide bonds. The van der Waals surface area contributed by atoms with Gasteiger partial charge < -0.3 is 10.6 Å². The van der Waals surface area contributed by atoms with Gasteiger partial charge in [0.05, 0.1) is 0 Å². The van der Waals surface area contributed by atoms with Crippen LogP contribution in [-0.4, -0.2) is 46.8 Å². The number of hydrogen-bond acceptors (Lipinski definition) is 4. The van der Waals surface area contributed by atoms with E-state index in [-0.39, 0.29) is 5.91 Å². The van der Waals surface area contributed by atoms with E-state index in [2.05, 4.69) is 10.6 Å². The first-order chi connectivity index (χ1) is 11.3. The van der Waals surface area contributed by atoms with Gasteiger partial charge in [0.1, 0.15) is 12.1 Å². The molecule has 2 rings (SSSR count). The van der Waals surface area contributed by atoms with Crippen molar-refractivity contribution in [1.29, 1.82) is 0 Å². The first kappa shape index (κ1) is 18.9. The van der Waals surface area contributed by atoms with E-state index in [1.54, 1.807) is 11.8 Å². The summed E-state index contributed by atoms with van der Waals surface area (Å²) in [5, 5.41) is 5.97. The van der Waals surface area contributed by atoms with Crippen molar-refractivity contribution in [3.63, 3.8) is 0 Å². The smallest absolute Gasteiger partial charge is 0.325 e. The standard InChI is InChI=1S/C15H17Cl2N3O3S/c1-8(13(21)18-11-6-9(16)5-10(17)7-11)20-14(22)12(3-4-24-2)19-15(20)23/h5-8,12H,3-4H2,1-2H3,(H,18,21)(H,19,23)/t8-,12-/m1/s1. The Morgan fingerprint density at radius 1 is 1.33 bits per heavy atom. The van der Waals surface area contributed by atoms with Crippen molar-refractivity contribution >= 4 is 58.5 Å². The summed E-state index contributed by atoms with van der Waals surface area (Å²) in [6.07, 6.45) is 2.45. The number of anilines is 1. The molecule has 1 aromatic carbocycles. The van der Waals surface area contributed by atoms with Gasteiger partial charge in [-0.15, -0.1) is 0 Å². The van der Waals surface area contributed by atoms with Gasteiger partial charge in [-0.3, -0.25) is 14.5 Å². The van der Waals surface area contributed by atoms with Crippen molar-refractivity contribution in [3.8, 4) is 0 Å². The predicted octanol–water partition coefficient (Wildman–Crippen LogP) is 2.99. The SMILES string of the molecule is CSCC[C@H]1NC(=O)N([C@H](C)C(=O)Nc2cc(Cl)cc(Cl)c2)C1=O. The van der Waals surface area contributed by atoms with Crippen molar-refractivity contribution in [2.75, 3.05) is 17.3 Å². The van der Waals surface area contributed by atoms with Gasteiger partial charge in [-0.2, -0.15) is 11.8 Å². The van der Waals surface area contributed by atoms with Crippen LogP contribution in [0.25, 0.3) is 0 Å². The molecule has 1 heterocycles. The lowest BCUT2D eigenvalue weighted by Crippen LogP contribution is -2.46. The van der Waals surface area contributed by atoms with Gasteiger partial charge in [0.25, 0.3) is 5.91 Å². The van der Waals surface area contributed by atoms with Gasteiger partial charge in [-0.1, -0.05) is 23.2 Å². The molecule has 1 aliphatic heterocycles. The number of rotatable bonds is 6. The minimum atomic E-state index is -0.950. The number of amides is 4. The molecule has 0 unspecified atom stereocenters. The molecular weight excluding hydrogens is 373 g/mol. The first-order valence-corrected chi connectivity index (χ1v) is 9.38. The fourth-order valence-corrected chi connectivity index (χ4v) is 3.33. The van der Waals surface area contributed by atoms with Crippen molar-refractivity contribution in [3.05, 3.63) is 28.2 Å². The number of hydrogen-bond donors (Lipinski definition) is 2. The van der Waals surface area contributed by atoms with Gasteiger partial charge in [0, 0.05) is 15.7 Å². The summed E-state index contributed by atoms with van der Waals surface area (Å²) in [7, 11) is 0. The van der Waals surface area contributed by atoms with Crippen LogP contribution in [0, 0.1) is 0 Å². The zero-order chi connectivity index (χ0) is 17.9. The Balaban J connectivity index is 2.07. The third-order valence-corrected chi connectivity index (χ3v) is 4.64. The molecule has 0 aliphatic carbocycles. The number of carbonyl (C=O) groups excluding carboxylic acids is 3. The number of urea groups is 1. The maximum atomic E-state index is 12.4. The van der Waals surface area contributed by atoms with Crippen LogP contribution in [0.1, 0.15) is 13.3 Å². The maximum Gasteiger partial charge on any atom is 0.325 e. The highest BCUT2D eigenvalue weighted by Gasteiger charge is 2.42. The van der Waals surface area contributed by atoms with Gasteiger partial charge in [-0.25, -0.2) is 4.79 Å². The van der Waals surface area contributed by atoms with Gasteiger partial charge in [0.2, 0.25) is 5.91 Å². The molecular formula is C15H17Cl2N3O3S. The summed E-state index contributed by atoms with van der Waals surface area (Å²) in [6.45, 7) is 1.50. The first-order valence-electron chi connectivity index (χ1n) is 7.23. The Bertz CT molecular complexity index is 651. The van der Waals surface area contributed by atoms with Crippen LogP contribution in [0.4, 0.5) is 10.5 Å². The van der Waals surface area contributed by atoms with Crippen LogP contribution in [0.2, 0.25) is 10.0 Å². The van der Waals surface area contributed by atoms with Crippen molar-refractivity contribution in [1.82, 2.24) is 10.2 Å². The van der Waals surface area contributed by atoms with Crippen LogP contribution in [0.5, 0.6) is 0 Å². The summed E-state index contributed by atoms with van der Waals surface area (Å²) in [5.74, 6) is -0.144. The van der Waals surface area contributed by atoms with Gasteiger partial charge in [-0.05, 0) is 43.6 Å². The number of carbonyl (C=O) groups is 3. The molecule has 24 heavy (non-hydrogen) atoms. The molecule has 0 radical (unpaired) electrons. The summed E-state index contributed by atoms with van der Waals surface area (Å²) < 4.78 is 0. The molecule has 0 saturated carbocycles. The Labute approximate surface area is 154 Å². The zero-order valence-corrected chi connectivity index (χ0v) is 15.5. The fraction of sp³-hybridized carbons (Fsp3) is 0.400. The molecule has 6 nitrogen and oxygen atoms in total. The Morgan fingerprint density at radius 3 is 2.54 bits per heavy atom. The molecule has 9 heteroatoms. The largest absolute Gasteiger partial charge is 0.326 e. The second kappa shape index (κ2) is 8.09. The minimum absolute atomic E-state index is 0.373. The Morgan fingerprint density at radius 2 is 1.96 bits per heavy atom. The van der Waals surface area contributed by atoms with Crippen LogP contribution < -0.4 is 10.6 Å². The number of nitrogens with zero attached hydrogens (tertiary/aromatic N) is 1. The number of benzene rings is 1. The molecule has 2 atom stereocenters. The number of nitrogens with one attached hydrogen (secondary N) is 2. The van der Waals surface area contributed by atoms with Crippen molar-refractivity contribution in [2.24, 2.45) is 0 Å². The van der Waals surface area contributed by atoms with E-state index in [0.29, 0.717) is 22.2 Å². The molecule has 130 valence electrons. The summed E-state index contributed by atoms with van der Waals surface area (Å²) in [4.78, 5) is 37.7. The van der Waals surface area contributed by atoms with E-state index in [1.807, 2.05) is 6.26 Å². The number of halogens is 2. The van der Waals surface area contributed by atoms with E-state index < -0.39 is 24.0 Å². The molecule has 2 N–H and O–H groups in total. The Kier molecular flexibility index (Phi) is 6.37. The lowest BCUT2D eigenvalue weighted by Gasteiger charge is -2.21. The third-order valence-electron chi connectivity index (χ3n) is 3.56. The van der Waals surface area contributed by atoms with E-state index in [9.17, 15) is 14.4 Å². The average Bonchev–Trinajstić information content (AvgIpc) is 2.77. The topological polar surface area (TPSA) is 78.5 Å². The predicted molar refractivity (Wildman–Crippen MR) is 96.7 cm³/mol. The van der Waals surface area contributed by atoms with E-state index in [0.717, 1.165) is 10.7 Å². The van der Waals surface area contributed by atoms with E-state index >= 15 is 0 Å². The summed E-state index contributed by atoms with van der Waals surface area (Å²) in [5.41, 5.74) is 0.398. The molecule has 1 aliphatic rings. The summed E-state index contributed by atoms with van der Waals surface area (Å²) in [6, 6.07) is 2.51. The third kappa shape index (κ3) is 4.34. The lowest BCUT2D eigenvalue weighted by molar-refractivity contribution is -0.133.